The van der Waals surface area contributed by atoms with Crippen molar-refractivity contribution in [3.8, 4) is 22.3 Å². The van der Waals surface area contributed by atoms with Crippen molar-refractivity contribution in [3.63, 3.8) is 0 Å². The molecule has 6 N–H and O–H groups in total. The van der Waals surface area contributed by atoms with Gasteiger partial charge in [0, 0.05) is 62.1 Å². The molecule has 16 nitrogen and oxygen atoms in total. The Morgan fingerprint density at radius 2 is 0.869 bits per heavy atom. The number of carbonyl (C=O) groups is 6. The van der Waals surface area contributed by atoms with E-state index in [0.29, 0.717) is 48.4 Å². The number of aromatic nitrogens is 2. The first-order chi connectivity index (χ1) is 40.8. The van der Waals surface area contributed by atoms with Crippen molar-refractivity contribution in [3.05, 3.63) is 107 Å². The van der Waals surface area contributed by atoms with Gasteiger partial charge in [0.15, 0.2) is 0 Å². The van der Waals surface area contributed by atoms with Gasteiger partial charge in [-0.05, 0) is 163 Å². The quantitative estimate of drug-likeness (QED) is 0.0312. The molecule has 84 heavy (non-hydrogen) atoms. The van der Waals surface area contributed by atoms with E-state index in [-0.39, 0.29) is 58.7 Å². The highest BCUT2D eigenvalue weighted by Gasteiger charge is 2.41. The minimum atomic E-state index is -0.612. The van der Waals surface area contributed by atoms with Gasteiger partial charge in [0.1, 0.15) is 23.7 Å². The van der Waals surface area contributed by atoms with Gasteiger partial charge in [-0.15, -0.1) is 0 Å². The van der Waals surface area contributed by atoms with Crippen LogP contribution < -0.4 is 31.9 Å². The Kier molecular flexibility index (Phi) is 23.7. The molecule has 4 fully saturated rings. The van der Waals surface area contributed by atoms with E-state index in [1.165, 1.54) is 12.1 Å². The van der Waals surface area contributed by atoms with Gasteiger partial charge in [-0.25, -0.2) is 8.78 Å². The molecule has 0 bridgehead atoms. The molecular formula is C66H90F2N10O6. The maximum atomic E-state index is 15.2. The highest BCUT2D eigenvalue weighted by atomic mass is 19.1. The molecule has 0 radical (unpaired) electrons. The van der Waals surface area contributed by atoms with Crippen molar-refractivity contribution in [1.29, 1.82) is 0 Å². The monoisotopic (exact) mass is 1160 g/mol. The summed E-state index contributed by atoms with van der Waals surface area (Å²) in [6.45, 7) is 5.56. The van der Waals surface area contributed by atoms with Crippen molar-refractivity contribution in [2.45, 2.75) is 191 Å². The summed E-state index contributed by atoms with van der Waals surface area (Å²) in [6, 6.07) is 10.4. The van der Waals surface area contributed by atoms with E-state index in [0.717, 1.165) is 152 Å². The van der Waals surface area contributed by atoms with Crippen molar-refractivity contribution < 1.29 is 37.5 Å². The molecule has 2 aromatic heterocycles. The smallest absolute Gasteiger partial charge is 0.254 e. The van der Waals surface area contributed by atoms with Gasteiger partial charge < -0.3 is 41.7 Å². The molecule has 2 saturated carbocycles. The standard InChI is InChI=1S/C66H90F2N10O6/c1-43(69-3)61(79)75-59(45-21-13-11-14-22-45)65(83)77-33-19-25-57(77)51-35-49(39-71-41-51)47-27-29-55(67)53(37-47)63(81)73-31-17-9-7-5-6-8-10-18-32-74-64(82)54-38-48(28-30-56(54)68)50-36-52(42-72-40-50)58-26-20-34-78(58)66(84)60(46-23-15-12-16-24-46)76-62(80)44(2)70-4/h27-30,35-46,57-60,69-70H,5-26,31-34H2,1-4H3,(H,73,81)(H,74,82)(H,75,79)(H,76,80)/t43-,44-,57-,58-,59-,60-/m0/s1. The number of amides is 6. The van der Waals surface area contributed by atoms with Crippen LogP contribution in [0.15, 0.2) is 73.3 Å². The molecule has 4 heterocycles. The number of benzene rings is 2. The van der Waals surface area contributed by atoms with E-state index in [4.69, 9.17) is 0 Å². The van der Waals surface area contributed by atoms with E-state index < -0.39 is 47.6 Å². The second kappa shape index (κ2) is 31.5. The summed E-state index contributed by atoms with van der Waals surface area (Å²) in [5, 5.41) is 18.0. The summed E-state index contributed by atoms with van der Waals surface area (Å²) in [5.74, 6) is -2.53. The van der Waals surface area contributed by atoms with Gasteiger partial charge in [-0.3, -0.25) is 38.7 Å². The molecule has 2 aliphatic heterocycles. The Bertz CT molecular complexity index is 2690. The molecule has 4 aliphatic rings. The lowest BCUT2D eigenvalue weighted by atomic mass is 9.83. The zero-order valence-electron chi connectivity index (χ0n) is 49.9. The molecule has 4 aromatic rings. The minimum absolute atomic E-state index is 0.0446. The number of carbonyl (C=O) groups excluding carboxylic acids is 6. The number of hydrogen-bond acceptors (Lipinski definition) is 10. The van der Waals surface area contributed by atoms with Gasteiger partial charge in [-0.1, -0.05) is 89.2 Å². The molecule has 8 rings (SSSR count). The third-order valence-corrected chi connectivity index (χ3v) is 18.1. The number of pyridine rings is 2. The second-order valence-electron chi connectivity index (χ2n) is 23.9. The van der Waals surface area contributed by atoms with Crippen molar-refractivity contribution in [1.82, 2.24) is 51.7 Å². The fourth-order valence-electron chi connectivity index (χ4n) is 12.9. The minimum Gasteiger partial charge on any atom is -0.352 e. The van der Waals surface area contributed by atoms with E-state index in [2.05, 4.69) is 41.9 Å². The maximum absolute atomic E-state index is 15.2. The van der Waals surface area contributed by atoms with Crippen LogP contribution in [-0.4, -0.2) is 120 Å². The number of rotatable bonds is 27. The van der Waals surface area contributed by atoms with E-state index in [1.54, 1.807) is 77.0 Å². The first kappa shape index (κ1) is 63.4. The van der Waals surface area contributed by atoms with Crippen LogP contribution in [0.3, 0.4) is 0 Å². The fourth-order valence-corrected chi connectivity index (χ4v) is 12.9. The lowest BCUT2D eigenvalue weighted by Crippen LogP contribution is -2.55. The summed E-state index contributed by atoms with van der Waals surface area (Å²) < 4.78 is 30.4. The molecule has 2 saturated heterocycles. The molecule has 454 valence electrons. The SMILES string of the molecule is CN[C@@H](C)C(=O)N[C@H](C(=O)N1CCC[C@H]1c1cncc(-c2ccc(F)c(C(=O)NCCCCCCCCCCNC(=O)c3cc(-c4cncc([C@@H]5CCCN5C(=O)[C@@H](NC(=O)[C@H](C)NC)C5CCCCC5)c4)ccc3F)c2)c1)C1CCCCC1. The number of hydrogen-bond donors (Lipinski definition) is 6. The fraction of sp³-hybridized carbons (Fsp3) is 0.576. The average Bonchev–Trinajstić information content (AvgIpc) is 2.68. The number of nitrogens with one attached hydrogen (secondary N) is 6. The van der Waals surface area contributed by atoms with Gasteiger partial charge in [0.05, 0.1) is 35.3 Å². The van der Waals surface area contributed by atoms with Crippen LogP contribution in [0.5, 0.6) is 0 Å². The zero-order valence-corrected chi connectivity index (χ0v) is 49.9. The molecular weight excluding hydrogens is 1070 g/mol. The van der Waals surface area contributed by atoms with Crippen LogP contribution in [0.4, 0.5) is 8.78 Å². The lowest BCUT2D eigenvalue weighted by Gasteiger charge is -2.35. The molecule has 2 aliphatic carbocycles. The zero-order chi connectivity index (χ0) is 59.5. The van der Waals surface area contributed by atoms with Crippen LogP contribution in [0.1, 0.15) is 199 Å². The van der Waals surface area contributed by atoms with Crippen LogP contribution >= 0.6 is 0 Å². The highest BCUT2D eigenvalue weighted by Crippen LogP contribution is 2.39. The van der Waals surface area contributed by atoms with Gasteiger partial charge in [0.2, 0.25) is 23.6 Å². The summed E-state index contributed by atoms with van der Waals surface area (Å²) in [5.41, 5.74) is 4.34. The molecule has 6 amide bonds. The normalized spacial score (nSPS) is 19.1. The van der Waals surface area contributed by atoms with E-state index in [9.17, 15) is 28.8 Å². The second-order valence-corrected chi connectivity index (χ2v) is 23.9. The summed E-state index contributed by atoms with van der Waals surface area (Å²) >= 11 is 0. The molecule has 2 aromatic carbocycles. The number of nitrogens with zero attached hydrogens (tertiary/aromatic N) is 4. The number of unbranched alkanes of at least 4 members (excludes halogenated alkanes) is 7. The van der Waals surface area contributed by atoms with Crippen LogP contribution in [0.2, 0.25) is 0 Å². The van der Waals surface area contributed by atoms with E-state index >= 15 is 8.78 Å². The van der Waals surface area contributed by atoms with Crippen molar-refractivity contribution >= 4 is 35.4 Å². The summed E-state index contributed by atoms with van der Waals surface area (Å²) in [4.78, 5) is 94.3. The number of likely N-dealkylation sites (N-methyl/N-ethyl adjacent to an activating group) is 2. The third-order valence-electron chi connectivity index (χ3n) is 18.1. The predicted molar refractivity (Wildman–Crippen MR) is 322 cm³/mol. The maximum Gasteiger partial charge on any atom is 0.254 e. The number of likely N-dealkylation sites (tertiary alicyclic amines) is 2. The Morgan fingerprint density at radius 3 is 1.25 bits per heavy atom. The van der Waals surface area contributed by atoms with Gasteiger partial charge >= 0.3 is 0 Å². The van der Waals surface area contributed by atoms with E-state index in [1.807, 2.05) is 21.9 Å². The van der Waals surface area contributed by atoms with Crippen molar-refractivity contribution in [2.75, 3.05) is 40.3 Å². The molecule has 0 spiro atoms. The lowest BCUT2D eigenvalue weighted by molar-refractivity contribution is -0.139. The topological polar surface area (TPSA) is 207 Å². The first-order valence-corrected chi connectivity index (χ1v) is 31.4. The first-order valence-electron chi connectivity index (χ1n) is 31.4. The predicted octanol–water partition coefficient (Wildman–Crippen LogP) is 10.0. The van der Waals surface area contributed by atoms with Gasteiger partial charge in [-0.2, -0.15) is 0 Å². The summed E-state index contributed by atoms with van der Waals surface area (Å²) in [7, 11) is 3.46. The van der Waals surface area contributed by atoms with Gasteiger partial charge in [0.25, 0.3) is 11.8 Å². The highest BCUT2D eigenvalue weighted by molar-refractivity contribution is 5.97. The largest absolute Gasteiger partial charge is 0.352 e. The molecule has 0 unspecified atom stereocenters. The molecule has 6 atom stereocenters. The van der Waals surface area contributed by atoms with Crippen molar-refractivity contribution in [2.24, 2.45) is 11.8 Å². The van der Waals surface area contributed by atoms with Crippen LogP contribution in [-0.2, 0) is 19.2 Å². The van der Waals surface area contributed by atoms with Crippen LogP contribution in [0, 0.1) is 23.5 Å². The Morgan fingerprint density at radius 1 is 0.488 bits per heavy atom. The van der Waals surface area contributed by atoms with Crippen LogP contribution in [0.25, 0.3) is 22.3 Å². The average molecular weight is 1160 g/mol. The summed E-state index contributed by atoms with van der Waals surface area (Å²) in [6.07, 6.45) is 27.4. The third kappa shape index (κ3) is 16.6. The Hall–Kier alpha value is -6.66. The molecule has 18 heteroatoms. The Labute approximate surface area is 495 Å². The Balaban J connectivity index is 0.742. The number of halogens is 2.